The maximum atomic E-state index is 11.5. The standard InChI is InChI=1S/C15H19N3O2S2/c1-22(19,20)18-8-6-12(7-9-18)15-17-10-14(21-15)11-2-4-13(16)5-3-11/h2-5,10,12H,6-9,16H2,1H3. The molecule has 5 nitrogen and oxygen atoms in total. The molecule has 0 saturated carbocycles. The molecule has 3 rings (SSSR count). The van der Waals surface area contributed by atoms with Gasteiger partial charge in [-0.3, -0.25) is 0 Å². The first kappa shape index (κ1) is 15.5. The molecule has 0 amide bonds. The Balaban J connectivity index is 1.71. The molecule has 118 valence electrons. The highest BCUT2D eigenvalue weighted by atomic mass is 32.2. The predicted molar refractivity (Wildman–Crippen MR) is 90.4 cm³/mol. The van der Waals surface area contributed by atoms with E-state index in [2.05, 4.69) is 4.98 Å². The van der Waals surface area contributed by atoms with Crippen molar-refractivity contribution in [3.63, 3.8) is 0 Å². The molecule has 1 saturated heterocycles. The van der Waals surface area contributed by atoms with E-state index in [0.29, 0.717) is 19.0 Å². The normalized spacial score (nSPS) is 17.7. The zero-order chi connectivity index (χ0) is 15.7. The topological polar surface area (TPSA) is 76.3 Å². The monoisotopic (exact) mass is 337 g/mol. The third kappa shape index (κ3) is 3.31. The van der Waals surface area contributed by atoms with Crippen LogP contribution in [0.5, 0.6) is 0 Å². The minimum atomic E-state index is -3.07. The summed E-state index contributed by atoms with van der Waals surface area (Å²) in [7, 11) is -3.07. The van der Waals surface area contributed by atoms with Crippen LogP contribution in [-0.2, 0) is 10.0 Å². The van der Waals surface area contributed by atoms with Crippen LogP contribution in [0.1, 0.15) is 23.8 Å². The van der Waals surface area contributed by atoms with E-state index in [1.54, 1.807) is 15.6 Å². The number of piperidine rings is 1. The fourth-order valence-electron chi connectivity index (χ4n) is 2.69. The van der Waals surface area contributed by atoms with Crippen LogP contribution in [0.3, 0.4) is 0 Å². The van der Waals surface area contributed by atoms with Crippen LogP contribution >= 0.6 is 11.3 Å². The van der Waals surface area contributed by atoms with Crippen LogP contribution in [0, 0.1) is 0 Å². The average molecular weight is 337 g/mol. The first-order valence-corrected chi connectivity index (χ1v) is 9.87. The highest BCUT2D eigenvalue weighted by Crippen LogP contribution is 2.35. The second kappa shape index (κ2) is 5.98. The zero-order valence-corrected chi connectivity index (χ0v) is 14.0. The van der Waals surface area contributed by atoms with Crippen molar-refractivity contribution in [1.29, 1.82) is 0 Å². The van der Waals surface area contributed by atoms with Crippen LogP contribution in [0.15, 0.2) is 30.5 Å². The van der Waals surface area contributed by atoms with E-state index in [0.717, 1.165) is 34.0 Å². The molecule has 7 heteroatoms. The molecule has 0 radical (unpaired) electrons. The Kier molecular flexibility index (Phi) is 4.20. The Labute approximate surface area is 134 Å². The summed E-state index contributed by atoms with van der Waals surface area (Å²) >= 11 is 1.69. The smallest absolute Gasteiger partial charge is 0.211 e. The van der Waals surface area contributed by atoms with Gasteiger partial charge in [0.1, 0.15) is 0 Å². The molecule has 1 aromatic carbocycles. The first-order chi connectivity index (χ1) is 10.4. The molecule has 1 aromatic heterocycles. The van der Waals surface area contributed by atoms with E-state index in [9.17, 15) is 8.42 Å². The van der Waals surface area contributed by atoms with E-state index < -0.39 is 10.0 Å². The van der Waals surface area contributed by atoms with Gasteiger partial charge in [0.05, 0.1) is 16.1 Å². The van der Waals surface area contributed by atoms with Crippen LogP contribution < -0.4 is 5.73 Å². The van der Waals surface area contributed by atoms with Gasteiger partial charge in [0.25, 0.3) is 0 Å². The van der Waals surface area contributed by atoms with Gasteiger partial charge in [-0.25, -0.2) is 17.7 Å². The number of nitrogens with zero attached hydrogens (tertiary/aromatic N) is 2. The molecule has 22 heavy (non-hydrogen) atoms. The number of rotatable bonds is 3. The number of sulfonamides is 1. The summed E-state index contributed by atoms with van der Waals surface area (Å²) in [6, 6.07) is 7.77. The summed E-state index contributed by atoms with van der Waals surface area (Å²) in [5.74, 6) is 0.352. The molecule has 0 aliphatic carbocycles. The molecule has 0 atom stereocenters. The van der Waals surface area contributed by atoms with Crippen molar-refractivity contribution < 1.29 is 8.42 Å². The maximum Gasteiger partial charge on any atom is 0.211 e. The maximum absolute atomic E-state index is 11.5. The van der Waals surface area contributed by atoms with E-state index in [1.165, 1.54) is 6.26 Å². The minimum Gasteiger partial charge on any atom is -0.399 e. The third-order valence-corrected chi connectivity index (χ3v) is 6.50. The molecule has 2 heterocycles. The third-order valence-electron chi connectivity index (χ3n) is 3.99. The largest absolute Gasteiger partial charge is 0.399 e. The summed E-state index contributed by atoms with van der Waals surface area (Å²) in [6.07, 6.45) is 4.84. The second-order valence-electron chi connectivity index (χ2n) is 5.62. The van der Waals surface area contributed by atoms with Gasteiger partial charge in [-0.2, -0.15) is 0 Å². The highest BCUT2D eigenvalue weighted by Gasteiger charge is 2.27. The van der Waals surface area contributed by atoms with Gasteiger partial charge in [-0.05, 0) is 30.5 Å². The number of nitrogens with two attached hydrogens (primary N) is 1. The van der Waals surface area contributed by atoms with Gasteiger partial charge in [-0.1, -0.05) is 12.1 Å². The highest BCUT2D eigenvalue weighted by molar-refractivity contribution is 7.88. The van der Waals surface area contributed by atoms with Gasteiger partial charge >= 0.3 is 0 Å². The SMILES string of the molecule is CS(=O)(=O)N1CCC(c2ncc(-c3ccc(N)cc3)s2)CC1. The zero-order valence-electron chi connectivity index (χ0n) is 12.4. The number of anilines is 1. The first-order valence-electron chi connectivity index (χ1n) is 7.20. The summed E-state index contributed by atoms with van der Waals surface area (Å²) in [4.78, 5) is 5.67. The van der Waals surface area contributed by atoms with E-state index in [4.69, 9.17) is 5.73 Å². The molecule has 1 aliphatic rings. The number of benzene rings is 1. The Hall–Kier alpha value is -1.44. The fourth-order valence-corrected chi connectivity index (χ4v) is 4.66. The predicted octanol–water partition coefficient (Wildman–Crippen LogP) is 2.53. The van der Waals surface area contributed by atoms with Gasteiger partial charge in [-0.15, -0.1) is 11.3 Å². The van der Waals surface area contributed by atoms with Crippen molar-refractivity contribution in [3.05, 3.63) is 35.5 Å². The Morgan fingerprint density at radius 3 is 2.45 bits per heavy atom. The number of hydrogen-bond acceptors (Lipinski definition) is 5. The van der Waals surface area contributed by atoms with Crippen molar-refractivity contribution in [2.24, 2.45) is 0 Å². The van der Waals surface area contributed by atoms with Crippen molar-refractivity contribution in [1.82, 2.24) is 9.29 Å². The van der Waals surface area contributed by atoms with Gasteiger partial charge < -0.3 is 5.73 Å². The lowest BCUT2D eigenvalue weighted by atomic mass is 9.99. The van der Waals surface area contributed by atoms with Crippen LogP contribution in [-0.4, -0.2) is 37.1 Å². The lowest BCUT2D eigenvalue weighted by Gasteiger charge is -2.29. The van der Waals surface area contributed by atoms with Crippen LogP contribution in [0.25, 0.3) is 10.4 Å². The van der Waals surface area contributed by atoms with Crippen LogP contribution in [0.4, 0.5) is 5.69 Å². The minimum absolute atomic E-state index is 0.352. The molecule has 1 aliphatic heterocycles. The molecule has 2 N–H and O–H groups in total. The Morgan fingerprint density at radius 1 is 1.23 bits per heavy atom. The van der Waals surface area contributed by atoms with Gasteiger partial charge in [0, 0.05) is 30.9 Å². The second-order valence-corrected chi connectivity index (χ2v) is 8.67. The summed E-state index contributed by atoms with van der Waals surface area (Å²) < 4.78 is 24.7. The molecule has 0 bridgehead atoms. The number of hydrogen-bond donors (Lipinski definition) is 1. The van der Waals surface area contributed by atoms with Crippen molar-refractivity contribution in [2.75, 3.05) is 25.1 Å². The Morgan fingerprint density at radius 2 is 1.86 bits per heavy atom. The van der Waals surface area contributed by atoms with Gasteiger partial charge in [0.15, 0.2) is 0 Å². The average Bonchev–Trinajstić information content (AvgIpc) is 2.97. The van der Waals surface area contributed by atoms with Crippen molar-refractivity contribution in [3.8, 4) is 10.4 Å². The number of aromatic nitrogens is 1. The Bertz CT molecular complexity index is 745. The molecular weight excluding hydrogens is 318 g/mol. The lowest BCUT2D eigenvalue weighted by molar-refractivity contribution is 0.321. The van der Waals surface area contributed by atoms with Gasteiger partial charge in [0.2, 0.25) is 10.0 Å². The van der Waals surface area contributed by atoms with E-state index in [-0.39, 0.29) is 0 Å². The summed E-state index contributed by atoms with van der Waals surface area (Å²) in [5.41, 5.74) is 7.58. The van der Waals surface area contributed by atoms with E-state index in [1.807, 2.05) is 30.5 Å². The molecular formula is C15H19N3O2S2. The molecule has 0 spiro atoms. The lowest BCUT2D eigenvalue weighted by Crippen LogP contribution is -2.37. The quantitative estimate of drug-likeness (QED) is 0.873. The number of nitrogen functional groups attached to an aromatic ring is 1. The summed E-state index contributed by atoms with van der Waals surface area (Å²) in [6.45, 7) is 1.17. The van der Waals surface area contributed by atoms with Crippen molar-refractivity contribution >= 4 is 27.0 Å². The molecule has 1 fully saturated rings. The fraction of sp³-hybridized carbons (Fsp3) is 0.400. The van der Waals surface area contributed by atoms with Crippen LogP contribution in [0.2, 0.25) is 0 Å². The summed E-state index contributed by atoms with van der Waals surface area (Å²) in [5, 5.41) is 1.10. The number of thiazole rings is 1. The van der Waals surface area contributed by atoms with E-state index >= 15 is 0 Å². The molecule has 0 unspecified atom stereocenters. The molecule has 2 aromatic rings. The van der Waals surface area contributed by atoms with Crippen molar-refractivity contribution in [2.45, 2.75) is 18.8 Å².